The van der Waals surface area contributed by atoms with Crippen LogP contribution < -0.4 is 10.0 Å². The van der Waals surface area contributed by atoms with Crippen molar-refractivity contribution in [2.24, 2.45) is 0 Å². The van der Waals surface area contributed by atoms with Gasteiger partial charge in [-0.2, -0.15) is 0 Å². The van der Waals surface area contributed by atoms with Gasteiger partial charge in [0, 0.05) is 32.7 Å². The Balaban J connectivity index is 0.00000156. The molecule has 0 bridgehead atoms. The molecule has 144 valence electrons. The van der Waals surface area contributed by atoms with Crippen LogP contribution in [-0.4, -0.2) is 52.6 Å². The van der Waals surface area contributed by atoms with Crippen LogP contribution >= 0.6 is 24.8 Å². The predicted octanol–water partition coefficient (Wildman–Crippen LogP) is 1.98. The predicted molar refractivity (Wildman–Crippen MR) is 107 cm³/mol. The molecule has 1 aliphatic heterocycles. The van der Waals surface area contributed by atoms with E-state index < -0.39 is 10.0 Å². The van der Waals surface area contributed by atoms with Crippen LogP contribution in [0, 0.1) is 0 Å². The van der Waals surface area contributed by atoms with Crippen LogP contribution in [-0.2, 0) is 22.9 Å². The molecule has 1 saturated heterocycles. The highest BCUT2D eigenvalue weighted by atomic mass is 35.5. The Morgan fingerprint density at radius 2 is 1.72 bits per heavy atom. The Kier molecular flexibility index (Phi) is 9.70. The van der Waals surface area contributed by atoms with Crippen molar-refractivity contribution in [3.63, 3.8) is 0 Å². The molecular formula is C17H29Cl2N3O2S. The average molecular weight is 410 g/mol. The van der Waals surface area contributed by atoms with Gasteiger partial charge in [-0.1, -0.05) is 6.07 Å². The van der Waals surface area contributed by atoms with Crippen LogP contribution in [0.4, 0.5) is 0 Å². The van der Waals surface area contributed by atoms with Crippen LogP contribution in [0.3, 0.4) is 0 Å². The van der Waals surface area contributed by atoms with Crippen molar-refractivity contribution in [3.05, 3.63) is 29.3 Å². The molecule has 5 nitrogen and oxygen atoms in total. The summed E-state index contributed by atoms with van der Waals surface area (Å²) in [5, 5.41) is 3.32. The lowest BCUT2D eigenvalue weighted by Crippen LogP contribution is -2.44. The summed E-state index contributed by atoms with van der Waals surface area (Å²) >= 11 is 0. The van der Waals surface area contributed by atoms with Crippen LogP contribution in [0.1, 0.15) is 30.4 Å². The monoisotopic (exact) mass is 409 g/mol. The van der Waals surface area contributed by atoms with Crippen LogP contribution in [0.5, 0.6) is 0 Å². The van der Waals surface area contributed by atoms with Gasteiger partial charge in [0.2, 0.25) is 10.0 Å². The van der Waals surface area contributed by atoms with Gasteiger partial charge in [0.15, 0.2) is 0 Å². The fourth-order valence-electron chi connectivity index (χ4n) is 3.40. The van der Waals surface area contributed by atoms with E-state index in [0.717, 1.165) is 58.4 Å². The average Bonchev–Trinajstić information content (AvgIpc) is 2.59. The molecule has 2 N–H and O–H groups in total. The molecule has 1 aromatic rings. The second-order valence-electron chi connectivity index (χ2n) is 6.48. The van der Waals surface area contributed by atoms with E-state index in [1.807, 2.05) is 12.1 Å². The number of aryl methyl sites for hydroxylation is 2. The Morgan fingerprint density at radius 3 is 2.44 bits per heavy atom. The smallest absolute Gasteiger partial charge is 0.240 e. The number of sulfonamides is 1. The molecule has 0 amide bonds. The van der Waals surface area contributed by atoms with Gasteiger partial charge in [-0.15, -0.1) is 24.8 Å². The van der Waals surface area contributed by atoms with E-state index in [1.54, 1.807) is 6.07 Å². The molecule has 0 aromatic heterocycles. The maximum atomic E-state index is 12.4. The van der Waals surface area contributed by atoms with E-state index in [2.05, 4.69) is 14.9 Å². The Hall–Kier alpha value is -0.370. The second-order valence-corrected chi connectivity index (χ2v) is 8.25. The number of rotatable bonds is 6. The van der Waals surface area contributed by atoms with Gasteiger partial charge in [0.25, 0.3) is 0 Å². The normalized spacial score (nSPS) is 17.9. The summed E-state index contributed by atoms with van der Waals surface area (Å²) in [5.41, 5.74) is 2.52. The lowest BCUT2D eigenvalue weighted by atomic mass is 9.92. The van der Waals surface area contributed by atoms with Crippen LogP contribution in [0.15, 0.2) is 23.1 Å². The first-order valence-electron chi connectivity index (χ1n) is 8.70. The molecular weight excluding hydrogens is 381 g/mol. The first kappa shape index (κ1) is 22.7. The molecule has 3 rings (SSSR count). The van der Waals surface area contributed by atoms with E-state index in [1.165, 1.54) is 17.5 Å². The van der Waals surface area contributed by atoms with Gasteiger partial charge in [0.1, 0.15) is 0 Å². The summed E-state index contributed by atoms with van der Waals surface area (Å²) in [6.45, 7) is 5.62. The summed E-state index contributed by atoms with van der Waals surface area (Å²) in [6.07, 6.45) is 5.30. The zero-order chi connectivity index (χ0) is 16.1. The first-order chi connectivity index (χ1) is 11.1. The number of hydrogen-bond acceptors (Lipinski definition) is 4. The van der Waals surface area contributed by atoms with Crippen LogP contribution in [0.25, 0.3) is 0 Å². The van der Waals surface area contributed by atoms with Gasteiger partial charge in [-0.25, -0.2) is 13.1 Å². The highest BCUT2D eigenvalue weighted by molar-refractivity contribution is 7.89. The van der Waals surface area contributed by atoms with Crippen molar-refractivity contribution in [1.29, 1.82) is 0 Å². The topological polar surface area (TPSA) is 61.4 Å². The summed E-state index contributed by atoms with van der Waals surface area (Å²) < 4.78 is 27.6. The van der Waals surface area contributed by atoms with Crippen molar-refractivity contribution < 1.29 is 8.42 Å². The lowest BCUT2D eigenvalue weighted by Gasteiger charge is -2.27. The summed E-state index contributed by atoms with van der Waals surface area (Å²) in [5.74, 6) is 0. The van der Waals surface area contributed by atoms with Gasteiger partial charge in [0.05, 0.1) is 4.90 Å². The third-order valence-electron chi connectivity index (χ3n) is 4.78. The number of benzene rings is 1. The number of fused-ring (bicyclic) bond motifs is 1. The van der Waals surface area contributed by atoms with E-state index in [9.17, 15) is 8.42 Å². The van der Waals surface area contributed by atoms with E-state index in [-0.39, 0.29) is 24.8 Å². The van der Waals surface area contributed by atoms with Crippen molar-refractivity contribution in [1.82, 2.24) is 14.9 Å². The van der Waals surface area contributed by atoms with Gasteiger partial charge >= 0.3 is 0 Å². The van der Waals surface area contributed by atoms with Gasteiger partial charge in [-0.05, 0) is 61.9 Å². The van der Waals surface area contributed by atoms with Gasteiger partial charge < -0.3 is 10.2 Å². The number of halogens is 2. The highest BCUT2D eigenvalue weighted by Crippen LogP contribution is 2.23. The number of piperazine rings is 1. The molecule has 1 fully saturated rings. The molecule has 2 aliphatic rings. The minimum absolute atomic E-state index is 0. The fourth-order valence-corrected chi connectivity index (χ4v) is 4.53. The van der Waals surface area contributed by atoms with Crippen molar-refractivity contribution >= 4 is 34.8 Å². The minimum Gasteiger partial charge on any atom is -0.314 e. The molecule has 0 radical (unpaired) electrons. The lowest BCUT2D eigenvalue weighted by molar-refractivity contribution is 0.239. The standard InChI is InChI=1S/C17H27N3O2S.2ClH/c21-23(22,19-8-3-11-20-12-9-18-10-13-20)17-7-6-15-4-1-2-5-16(15)14-17;;/h6-7,14,18-19H,1-5,8-13H2;2*1H. The molecule has 1 aliphatic carbocycles. The second kappa shape index (κ2) is 10.7. The quantitative estimate of drug-likeness (QED) is 0.705. The number of hydrogen-bond donors (Lipinski definition) is 2. The molecule has 0 unspecified atom stereocenters. The fraction of sp³-hybridized carbons (Fsp3) is 0.647. The van der Waals surface area contributed by atoms with E-state index >= 15 is 0 Å². The first-order valence-corrected chi connectivity index (χ1v) is 10.2. The minimum atomic E-state index is -3.38. The maximum Gasteiger partial charge on any atom is 0.240 e. The van der Waals surface area contributed by atoms with E-state index in [0.29, 0.717) is 11.4 Å². The Bertz CT molecular complexity index is 635. The number of nitrogens with one attached hydrogen (secondary N) is 2. The number of nitrogens with zero attached hydrogens (tertiary/aromatic N) is 1. The SMILES string of the molecule is Cl.Cl.O=S(=O)(NCCCN1CCNCC1)c1ccc2c(c1)CCCC2. The molecule has 1 aromatic carbocycles. The zero-order valence-electron chi connectivity index (χ0n) is 14.5. The van der Waals surface area contributed by atoms with Gasteiger partial charge in [-0.3, -0.25) is 0 Å². The molecule has 8 heteroatoms. The Labute approximate surface area is 163 Å². The Morgan fingerprint density at radius 1 is 1.04 bits per heavy atom. The molecule has 25 heavy (non-hydrogen) atoms. The van der Waals surface area contributed by atoms with Crippen molar-refractivity contribution in [2.45, 2.75) is 37.0 Å². The third-order valence-corrected chi connectivity index (χ3v) is 6.24. The molecule has 0 saturated carbocycles. The largest absolute Gasteiger partial charge is 0.314 e. The summed E-state index contributed by atoms with van der Waals surface area (Å²) in [7, 11) is -3.38. The van der Waals surface area contributed by atoms with Crippen molar-refractivity contribution in [2.75, 3.05) is 39.3 Å². The molecule has 1 heterocycles. The molecule has 0 spiro atoms. The zero-order valence-corrected chi connectivity index (χ0v) is 16.9. The van der Waals surface area contributed by atoms with Crippen molar-refractivity contribution in [3.8, 4) is 0 Å². The molecule has 0 atom stereocenters. The third kappa shape index (κ3) is 6.38. The maximum absolute atomic E-state index is 12.4. The summed E-state index contributed by atoms with van der Waals surface area (Å²) in [4.78, 5) is 2.80. The highest BCUT2D eigenvalue weighted by Gasteiger charge is 2.17. The van der Waals surface area contributed by atoms with Crippen LogP contribution in [0.2, 0.25) is 0 Å². The summed E-state index contributed by atoms with van der Waals surface area (Å²) in [6, 6.07) is 5.61. The van der Waals surface area contributed by atoms with E-state index in [4.69, 9.17) is 0 Å².